The highest BCUT2D eigenvalue weighted by Crippen LogP contribution is 2.26. The van der Waals surface area contributed by atoms with Crippen LogP contribution in [0.3, 0.4) is 0 Å². The van der Waals surface area contributed by atoms with Gasteiger partial charge in [-0.1, -0.05) is 29.8 Å². The molecule has 2 aromatic carbocycles. The first-order valence-electron chi connectivity index (χ1n) is 8.28. The number of hydrogen-bond donors (Lipinski definition) is 1. The number of thiazole rings is 1. The molecule has 0 aliphatic carbocycles. The molecular weight excluding hydrogens is 382 g/mol. The van der Waals surface area contributed by atoms with Gasteiger partial charge in [0.15, 0.2) is 4.96 Å². The number of fused-ring (bicyclic) bond motifs is 1. The number of anilines is 1. The zero-order chi connectivity index (χ0) is 18.8. The topological polar surface area (TPSA) is 55.6 Å². The molecule has 0 saturated heterocycles. The van der Waals surface area contributed by atoms with Crippen molar-refractivity contribution in [1.29, 1.82) is 0 Å². The van der Waals surface area contributed by atoms with Crippen molar-refractivity contribution in [2.75, 3.05) is 12.4 Å². The first-order chi connectivity index (χ1) is 13.1. The van der Waals surface area contributed by atoms with Crippen molar-refractivity contribution < 1.29 is 9.53 Å². The molecule has 0 fully saturated rings. The molecule has 0 atom stereocenters. The highest BCUT2D eigenvalue weighted by molar-refractivity contribution is 7.15. The Morgan fingerprint density at radius 2 is 2.11 bits per heavy atom. The van der Waals surface area contributed by atoms with E-state index in [9.17, 15) is 4.79 Å². The molecule has 5 nitrogen and oxygen atoms in total. The highest BCUT2D eigenvalue weighted by atomic mass is 35.5. The van der Waals surface area contributed by atoms with Crippen molar-refractivity contribution in [3.05, 3.63) is 70.8 Å². The smallest absolute Gasteiger partial charge is 0.230 e. The van der Waals surface area contributed by atoms with Gasteiger partial charge in [0.2, 0.25) is 5.91 Å². The van der Waals surface area contributed by atoms with Gasteiger partial charge >= 0.3 is 0 Å². The van der Waals surface area contributed by atoms with Crippen LogP contribution in [0.4, 0.5) is 5.69 Å². The molecule has 1 N–H and O–H groups in total. The molecule has 0 bridgehead atoms. The summed E-state index contributed by atoms with van der Waals surface area (Å²) in [6.45, 7) is 0. The summed E-state index contributed by atoms with van der Waals surface area (Å²) in [6.07, 6.45) is 2.19. The van der Waals surface area contributed by atoms with Gasteiger partial charge in [0.25, 0.3) is 0 Å². The number of aromatic nitrogens is 2. The normalized spacial score (nSPS) is 10.9. The lowest BCUT2D eigenvalue weighted by Crippen LogP contribution is -2.15. The van der Waals surface area contributed by atoms with E-state index >= 15 is 0 Å². The molecule has 27 heavy (non-hydrogen) atoms. The molecule has 0 saturated carbocycles. The number of carbonyl (C=O) groups excluding carboxylic acids is 1. The predicted molar refractivity (Wildman–Crippen MR) is 109 cm³/mol. The number of nitrogens with zero attached hydrogens (tertiary/aromatic N) is 2. The lowest BCUT2D eigenvalue weighted by molar-refractivity contribution is -0.115. The predicted octanol–water partition coefficient (Wildman–Crippen LogP) is 4.91. The van der Waals surface area contributed by atoms with E-state index in [0.717, 1.165) is 21.9 Å². The minimum atomic E-state index is -0.0963. The SMILES string of the molecule is COc1cccc(NC(=O)Cc2csc3nc(-c4cccc(Cl)c4)cn23)c1. The maximum atomic E-state index is 12.4. The standard InChI is InChI=1S/C20H16ClN3O2S/c1-26-17-7-3-6-15(9-17)22-19(25)10-16-12-27-20-23-18(11-24(16)20)13-4-2-5-14(21)8-13/h2-9,11-12H,10H2,1H3,(H,22,25). The van der Waals surface area contributed by atoms with Crippen LogP contribution in [0, 0.1) is 0 Å². The maximum absolute atomic E-state index is 12.4. The number of hydrogen-bond acceptors (Lipinski definition) is 4. The quantitative estimate of drug-likeness (QED) is 0.520. The fourth-order valence-electron chi connectivity index (χ4n) is 2.81. The van der Waals surface area contributed by atoms with Crippen LogP contribution in [-0.4, -0.2) is 22.4 Å². The third-order valence-electron chi connectivity index (χ3n) is 4.10. The average Bonchev–Trinajstić information content (AvgIpc) is 3.24. The Morgan fingerprint density at radius 1 is 1.26 bits per heavy atom. The largest absolute Gasteiger partial charge is 0.497 e. The monoisotopic (exact) mass is 397 g/mol. The zero-order valence-electron chi connectivity index (χ0n) is 14.5. The van der Waals surface area contributed by atoms with Gasteiger partial charge in [0.1, 0.15) is 5.75 Å². The molecule has 0 unspecified atom stereocenters. The minimum Gasteiger partial charge on any atom is -0.497 e. The molecule has 1 amide bonds. The number of imidazole rings is 1. The summed E-state index contributed by atoms with van der Waals surface area (Å²) in [5, 5.41) is 5.52. The molecule has 4 rings (SSSR count). The number of amides is 1. The number of nitrogens with one attached hydrogen (secondary N) is 1. The van der Waals surface area contributed by atoms with Crippen LogP contribution >= 0.6 is 22.9 Å². The number of halogens is 1. The van der Waals surface area contributed by atoms with Crippen molar-refractivity contribution in [2.45, 2.75) is 6.42 Å². The summed E-state index contributed by atoms with van der Waals surface area (Å²) in [6, 6.07) is 14.9. The van der Waals surface area contributed by atoms with Gasteiger partial charge < -0.3 is 10.1 Å². The van der Waals surface area contributed by atoms with Gasteiger partial charge in [-0.25, -0.2) is 4.98 Å². The lowest BCUT2D eigenvalue weighted by Gasteiger charge is -2.06. The molecule has 0 aliphatic heterocycles. The van der Waals surface area contributed by atoms with Gasteiger partial charge in [-0.2, -0.15) is 0 Å². The van der Waals surface area contributed by atoms with Crippen molar-refractivity contribution in [3.8, 4) is 17.0 Å². The number of ether oxygens (including phenoxy) is 1. The Labute approximate surface area is 165 Å². The van der Waals surface area contributed by atoms with E-state index in [0.29, 0.717) is 16.5 Å². The molecule has 0 spiro atoms. The van der Waals surface area contributed by atoms with E-state index in [2.05, 4.69) is 10.3 Å². The van der Waals surface area contributed by atoms with E-state index in [-0.39, 0.29) is 12.3 Å². The summed E-state index contributed by atoms with van der Waals surface area (Å²) in [5.41, 5.74) is 3.37. The summed E-state index contributed by atoms with van der Waals surface area (Å²) in [7, 11) is 1.60. The van der Waals surface area contributed by atoms with Crippen LogP contribution in [0.25, 0.3) is 16.2 Å². The second-order valence-corrected chi connectivity index (χ2v) is 7.25. The molecule has 0 radical (unpaired) electrons. The van der Waals surface area contributed by atoms with E-state index < -0.39 is 0 Å². The minimum absolute atomic E-state index is 0.0963. The zero-order valence-corrected chi connectivity index (χ0v) is 16.1. The number of methoxy groups -OCH3 is 1. The van der Waals surface area contributed by atoms with Crippen LogP contribution in [0.15, 0.2) is 60.1 Å². The van der Waals surface area contributed by atoms with Crippen LogP contribution in [0.1, 0.15) is 5.69 Å². The van der Waals surface area contributed by atoms with Gasteiger partial charge in [0, 0.05) is 39.6 Å². The number of rotatable bonds is 5. The molecule has 7 heteroatoms. The Balaban J connectivity index is 1.54. The van der Waals surface area contributed by atoms with Crippen LogP contribution < -0.4 is 10.1 Å². The Morgan fingerprint density at radius 3 is 2.93 bits per heavy atom. The number of benzene rings is 2. The van der Waals surface area contributed by atoms with E-state index in [1.165, 1.54) is 11.3 Å². The molecule has 136 valence electrons. The molecule has 4 aromatic rings. The summed E-state index contributed by atoms with van der Waals surface area (Å²) < 4.78 is 7.13. The summed E-state index contributed by atoms with van der Waals surface area (Å²) in [5.74, 6) is 0.604. The third-order valence-corrected chi connectivity index (χ3v) is 5.22. The Bertz CT molecular complexity index is 1120. The Hall–Kier alpha value is -2.83. The van der Waals surface area contributed by atoms with Gasteiger partial charge in [0.05, 0.1) is 19.2 Å². The van der Waals surface area contributed by atoms with Crippen LogP contribution in [-0.2, 0) is 11.2 Å². The molecule has 2 heterocycles. The maximum Gasteiger partial charge on any atom is 0.230 e. The number of carbonyl (C=O) groups is 1. The Kier molecular flexibility index (Phi) is 4.83. The first kappa shape index (κ1) is 17.6. The van der Waals surface area contributed by atoms with Crippen molar-refractivity contribution in [3.63, 3.8) is 0 Å². The molecule has 2 aromatic heterocycles. The van der Waals surface area contributed by atoms with Crippen molar-refractivity contribution in [2.24, 2.45) is 0 Å². The van der Waals surface area contributed by atoms with Crippen LogP contribution in [0.2, 0.25) is 5.02 Å². The third kappa shape index (κ3) is 3.82. The van der Waals surface area contributed by atoms with Crippen molar-refractivity contribution in [1.82, 2.24) is 9.38 Å². The highest BCUT2D eigenvalue weighted by Gasteiger charge is 2.13. The van der Waals surface area contributed by atoms with Gasteiger partial charge in [-0.05, 0) is 24.3 Å². The van der Waals surface area contributed by atoms with Gasteiger partial charge in [-0.3, -0.25) is 9.20 Å². The van der Waals surface area contributed by atoms with E-state index in [4.69, 9.17) is 16.3 Å². The fraction of sp³-hybridized carbons (Fsp3) is 0.100. The lowest BCUT2D eigenvalue weighted by atomic mass is 10.2. The van der Waals surface area contributed by atoms with Gasteiger partial charge in [-0.15, -0.1) is 11.3 Å². The second-order valence-electron chi connectivity index (χ2n) is 5.97. The average molecular weight is 398 g/mol. The second kappa shape index (κ2) is 7.42. The summed E-state index contributed by atoms with van der Waals surface area (Å²) in [4.78, 5) is 17.9. The molecule has 0 aliphatic rings. The summed E-state index contributed by atoms with van der Waals surface area (Å²) >= 11 is 7.58. The first-order valence-corrected chi connectivity index (χ1v) is 9.53. The van der Waals surface area contributed by atoms with Crippen molar-refractivity contribution >= 4 is 39.5 Å². The van der Waals surface area contributed by atoms with E-state index in [1.807, 2.05) is 58.4 Å². The molecular formula is C20H16ClN3O2S. The van der Waals surface area contributed by atoms with Crippen LogP contribution in [0.5, 0.6) is 5.75 Å². The van der Waals surface area contributed by atoms with E-state index in [1.54, 1.807) is 13.2 Å². The fourth-order valence-corrected chi connectivity index (χ4v) is 3.88.